The fraction of sp³-hybridized carbons (Fsp3) is 0.343. The highest BCUT2D eigenvalue weighted by Gasteiger charge is 2.35. The first kappa shape index (κ1) is 36.3. The van der Waals surface area contributed by atoms with Crippen LogP contribution < -0.4 is 5.56 Å². The van der Waals surface area contributed by atoms with Gasteiger partial charge in [-0.15, -0.1) is 0 Å². The molecule has 1 amide bonds. The van der Waals surface area contributed by atoms with E-state index >= 15 is 0 Å². The Bertz CT molecular complexity index is 1710. The van der Waals surface area contributed by atoms with Crippen molar-refractivity contribution in [3.8, 4) is 11.1 Å². The quantitative estimate of drug-likeness (QED) is 0.140. The van der Waals surface area contributed by atoms with E-state index in [-0.39, 0.29) is 31.8 Å². The number of rotatable bonds is 13. The summed E-state index contributed by atoms with van der Waals surface area (Å²) in [6.45, 7) is 5.71. The molecule has 48 heavy (non-hydrogen) atoms. The normalized spacial score (nSPS) is 12.0. The summed E-state index contributed by atoms with van der Waals surface area (Å²) in [6, 6.07) is 17.2. The van der Waals surface area contributed by atoms with E-state index in [0.717, 1.165) is 16.7 Å². The van der Waals surface area contributed by atoms with Crippen LogP contribution >= 0.6 is 0 Å². The third-order valence-electron chi connectivity index (χ3n) is 8.05. The molecule has 4 aromatic rings. The second-order valence-corrected chi connectivity index (χ2v) is 11.2. The van der Waals surface area contributed by atoms with Crippen LogP contribution in [0.15, 0.2) is 83.8 Å². The summed E-state index contributed by atoms with van der Waals surface area (Å²) in [5, 5.41) is 0. The molecule has 0 N–H and O–H groups in total. The van der Waals surface area contributed by atoms with Crippen molar-refractivity contribution in [2.45, 2.75) is 52.1 Å². The maximum Gasteiger partial charge on any atom is 0.423 e. The number of halogens is 7. The number of likely N-dealkylation sites (N-methyl/N-ethyl adjacent to an activating group) is 1. The summed E-state index contributed by atoms with van der Waals surface area (Å²) < 4.78 is 94.5. The molecule has 0 fully saturated rings. The van der Waals surface area contributed by atoms with Crippen molar-refractivity contribution < 1.29 is 35.5 Å². The Morgan fingerprint density at radius 3 is 1.85 bits per heavy atom. The molecule has 0 atom stereocenters. The van der Waals surface area contributed by atoms with E-state index in [9.17, 15) is 40.3 Å². The molecule has 0 aliphatic heterocycles. The van der Waals surface area contributed by atoms with E-state index in [1.165, 1.54) is 41.3 Å². The first-order chi connectivity index (χ1) is 22.7. The van der Waals surface area contributed by atoms with Crippen LogP contribution in [0.2, 0.25) is 0 Å². The number of aryl methyl sites for hydroxylation is 2. The number of carbonyl (C=O) groups excluding carboxylic acids is 1. The molecular weight excluding hydrogens is 641 g/mol. The summed E-state index contributed by atoms with van der Waals surface area (Å²) in [6.07, 6.45) is -8.55. The molecule has 13 heteroatoms. The van der Waals surface area contributed by atoms with Crippen LogP contribution in [-0.2, 0) is 43.1 Å². The number of amides is 1. The molecule has 6 nitrogen and oxygen atoms in total. The third kappa shape index (κ3) is 9.75. The van der Waals surface area contributed by atoms with E-state index in [0.29, 0.717) is 48.1 Å². The second-order valence-electron chi connectivity index (χ2n) is 11.2. The topological polar surface area (TPSA) is 58.4 Å². The van der Waals surface area contributed by atoms with Crippen LogP contribution in [0.1, 0.15) is 41.9 Å². The van der Waals surface area contributed by atoms with Gasteiger partial charge in [-0.3, -0.25) is 9.59 Å². The number of hydrogen-bond acceptors (Lipinski definition) is 4. The van der Waals surface area contributed by atoms with Crippen LogP contribution in [0.3, 0.4) is 0 Å². The van der Waals surface area contributed by atoms with Crippen LogP contribution in [0.4, 0.5) is 30.7 Å². The molecule has 0 radical (unpaired) electrons. The van der Waals surface area contributed by atoms with Crippen LogP contribution in [0.25, 0.3) is 11.1 Å². The molecule has 256 valence electrons. The largest absolute Gasteiger partial charge is 0.423 e. The maximum absolute atomic E-state index is 13.8. The van der Waals surface area contributed by atoms with Crippen molar-refractivity contribution in [1.29, 1.82) is 0 Å². The second kappa shape index (κ2) is 15.6. The predicted molar refractivity (Wildman–Crippen MR) is 167 cm³/mol. The number of benzene rings is 3. The number of aromatic nitrogens is 2. The standard InChI is InChI=1S/C35H35F7N4O2/c1-3-44(4-2)19-20-45(21-25-5-10-26(11-6-25)27-12-14-28(15-13-27)34(37,38)39)32(47)23-46-22-30(35(40,41)42)33(48)43-31(46)18-9-24-7-16-29(36)17-8-24/h5-8,10-17,22H,3-4,9,18-21,23H2,1-2H3. The molecule has 0 unspecified atom stereocenters. The minimum atomic E-state index is -4.98. The van der Waals surface area contributed by atoms with Gasteiger partial charge in [0.1, 0.15) is 23.7 Å². The molecule has 1 heterocycles. The summed E-state index contributed by atoms with van der Waals surface area (Å²) in [4.78, 5) is 33.4. The van der Waals surface area contributed by atoms with E-state index in [1.807, 2.05) is 13.8 Å². The Hall–Kier alpha value is -4.52. The zero-order valence-corrected chi connectivity index (χ0v) is 26.4. The lowest BCUT2D eigenvalue weighted by Gasteiger charge is -2.27. The van der Waals surface area contributed by atoms with E-state index in [1.54, 1.807) is 24.3 Å². The first-order valence-corrected chi connectivity index (χ1v) is 15.4. The summed E-state index contributed by atoms with van der Waals surface area (Å²) in [7, 11) is 0. The van der Waals surface area contributed by atoms with Crippen molar-refractivity contribution in [3.05, 3.63) is 123 Å². The minimum Gasteiger partial charge on any atom is -0.336 e. The van der Waals surface area contributed by atoms with Gasteiger partial charge in [0.25, 0.3) is 5.56 Å². The number of hydrogen-bond donors (Lipinski definition) is 0. The van der Waals surface area contributed by atoms with Gasteiger partial charge < -0.3 is 14.4 Å². The molecule has 0 saturated carbocycles. The number of alkyl halides is 6. The molecule has 1 aromatic heterocycles. The molecule has 0 spiro atoms. The average Bonchev–Trinajstić information content (AvgIpc) is 3.04. The van der Waals surface area contributed by atoms with E-state index < -0.39 is 47.3 Å². The Morgan fingerprint density at radius 2 is 1.31 bits per heavy atom. The maximum atomic E-state index is 13.8. The summed E-state index contributed by atoms with van der Waals surface area (Å²) >= 11 is 0. The fourth-order valence-electron chi connectivity index (χ4n) is 5.18. The Labute approximate surface area is 273 Å². The predicted octanol–water partition coefficient (Wildman–Crippen LogP) is 7.24. The molecule has 0 bridgehead atoms. The highest BCUT2D eigenvalue weighted by atomic mass is 19.4. The van der Waals surface area contributed by atoms with Gasteiger partial charge in [-0.2, -0.15) is 31.3 Å². The third-order valence-corrected chi connectivity index (χ3v) is 8.05. The highest BCUT2D eigenvalue weighted by Crippen LogP contribution is 2.31. The molecule has 3 aromatic carbocycles. The average molecular weight is 677 g/mol. The smallest absolute Gasteiger partial charge is 0.336 e. The van der Waals surface area contributed by atoms with Gasteiger partial charge >= 0.3 is 12.4 Å². The van der Waals surface area contributed by atoms with Crippen LogP contribution in [0.5, 0.6) is 0 Å². The number of carbonyl (C=O) groups is 1. The Kier molecular flexibility index (Phi) is 11.8. The van der Waals surface area contributed by atoms with Crippen molar-refractivity contribution in [2.75, 3.05) is 26.2 Å². The van der Waals surface area contributed by atoms with Crippen molar-refractivity contribution in [2.24, 2.45) is 0 Å². The SMILES string of the molecule is CCN(CC)CCN(Cc1ccc(-c2ccc(C(F)(F)F)cc2)cc1)C(=O)Cn1cc(C(F)(F)F)c(=O)nc1CCc1ccc(F)cc1. The van der Waals surface area contributed by atoms with Gasteiger partial charge in [-0.25, -0.2) is 4.39 Å². The van der Waals surface area contributed by atoms with Gasteiger partial charge in [0.05, 0.1) is 5.56 Å². The highest BCUT2D eigenvalue weighted by molar-refractivity contribution is 5.76. The van der Waals surface area contributed by atoms with E-state index in [2.05, 4.69) is 9.88 Å². The Balaban J connectivity index is 1.59. The van der Waals surface area contributed by atoms with Gasteiger partial charge in [-0.05, 0) is 66.0 Å². The monoisotopic (exact) mass is 676 g/mol. The van der Waals surface area contributed by atoms with Crippen LogP contribution in [0, 0.1) is 5.82 Å². The van der Waals surface area contributed by atoms with Gasteiger partial charge in [-0.1, -0.05) is 62.4 Å². The summed E-state index contributed by atoms with van der Waals surface area (Å²) in [5.41, 5.74) is -1.10. The number of nitrogens with zero attached hydrogens (tertiary/aromatic N) is 4. The lowest BCUT2D eigenvalue weighted by atomic mass is 10.0. The lowest BCUT2D eigenvalue weighted by Crippen LogP contribution is -2.40. The van der Waals surface area contributed by atoms with Crippen molar-refractivity contribution in [3.63, 3.8) is 0 Å². The van der Waals surface area contributed by atoms with Crippen molar-refractivity contribution >= 4 is 5.91 Å². The van der Waals surface area contributed by atoms with Gasteiger partial charge in [0.15, 0.2) is 0 Å². The Morgan fingerprint density at radius 1 is 0.750 bits per heavy atom. The van der Waals surface area contributed by atoms with E-state index in [4.69, 9.17) is 0 Å². The zero-order chi connectivity index (χ0) is 35.1. The zero-order valence-electron chi connectivity index (χ0n) is 26.4. The molecular formula is C35H35F7N4O2. The first-order valence-electron chi connectivity index (χ1n) is 15.4. The molecule has 0 saturated heterocycles. The molecule has 0 aliphatic rings. The van der Waals surface area contributed by atoms with Crippen molar-refractivity contribution in [1.82, 2.24) is 19.4 Å². The van der Waals surface area contributed by atoms with Crippen LogP contribution in [-0.4, -0.2) is 51.4 Å². The lowest BCUT2D eigenvalue weighted by molar-refractivity contribution is -0.140. The summed E-state index contributed by atoms with van der Waals surface area (Å²) in [5.74, 6) is -0.973. The fourth-order valence-corrected chi connectivity index (χ4v) is 5.18. The van der Waals surface area contributed by atoms with Gasteiger partial charge in [0, 0.05) is 32.3 Å². The minimum absolute atomic E-state index is 0.0183. The molecule has 0 aliphatic carbocycles. The van der Waals surface area contributed by atoms with Gasteiger partial charge in [0.2, 0.25) is 5.91 Å². The molecule has 4 rings (SSSR count).